The molecule has 0 heterocycles. The van der Waals surface area contributed by atoms with Crippen molar-refractivity contribution in [3.05, 3.63) is 0 Å². The van der Waals surface area contributed by atoms with Crippen molar-refractivity contribution < 1.29 is 14.3 Å². The van der Waals surface area contributed by atoms with Crippen LogP contribution in [0.3, 0.4) is 0 Å². The van der Waals surface area contributed by atoms with Crippen LogP contribution in [-0.4, -0.2) is 36.9 Å². The Hall–Kier alpha value is -1.46. The summed E-state index contributed by atoms with van der Waals surface area (Å²) in [5, 5.41) is 7.97. The van der Waals surface area contributed by atoms with Crippen molar-refractivity contribution in [2.24, 2.45) is 0 Å². The van der Waals surface area contributed by atoms with Gasteiger partial charge in [-0.3, -0.25) is 0 Å². The highest BCUT2D eigenvalue weighted by Crippen LogP contribution is 2.05. The molecule has 3 N–H and O–H groups in total. The normalized spacial score (nSPS) is 12.5. The first-order chi connectivity index (χ1) is 8.24. The summed E-state index contributed by atoms with van der Waals surface area (Å²) in [4.78, 5) is 22.6. The molecular formula is C12H25N3O3. The van der Waals surface area contributed by atoms with E-state index >= 15 is 0 Å². The van der Waals surface area contributed by atoms with Gasteiger partial charge in [0.05, 0.1) is 0 Å². The predicted molar refractivity (Wildman–Crippen MR) is 70.5 cm³/mol. The fraction of sp³-hybridized carbons (Fsp3) is 0.833. The molecule has 0 aromatic rings. The number of hydrogen-bond donors (Lipinski definition) is 3. The Balaban J connectivity index is 3.62. The zero-order chi connectivity index (χ0) is 14.2. The molecule has 3 amide bonds. The van der Waals surface area contributed by atoms with Gasteiger partial charge >= 0.3 is 12.1 Å². The Morgan fingerprint density at radius 3 is 2.22 bits per heavy atom. The molecule has 6 nitrogen and oxygen atoms in total. The Morgan fingerprint density at radius 2 is 1.72 bits per heavy atom. The molecule has 0 aliphatic heterocycles. The summed E-state index contributed by atoms with van der Waals surface area (Å²) in [6.45, 7) is 10.0. The lowest BCUT2D eigenvalue weighted by molar-refractivity contribution is 0.0528. The van der Waals surface area contributed by atoms with Gasteiger partial charge in [0.15, 0.2) is 0 Å². The third-order valence-corrected chi connectivity index (χ3v) is 2.07. The summed E-state index contributed by atoms with van der Waals surface area (Å²) in [6.07, 6.45) is 0.399. The van der Waals surface area contributed by atoms with Crippen LogP contribution in [0.25, 0.3) is 0 Å². The lowest BCUT2D eigenvalue weighted by atomic mass is 10.2. The van der Waals surface area contributed by atoms with Gasteiger partial charge in [0.1, 0.15) is 5.60 Å². The summed E-state index contributed by atoms with van der Waals surface area (Å²) in [5.41, 5.74) is -0.508. The topological polar surface area (TPSA) is 79.5 Å². The smallest absolute Gasteiger partial charge is 0.407 e. The van der Waals surface area contributed by atoms with Crippen LogP contribution >= 0.6 is 0 Å². The lowest BCUT2D eigenvalue weighted by Gasteiger charge is -2.19. The van der Waals surface area contributed by atoms with Crippen molar-refractivity contribution in [2.75, 3.05) is 13.1 Å². The zero-order valence-electron chi connectivity index (χ0n) is 11.9. The highest BCUT2D eigenvalue weighted by atomic mass is 16.6. The number of hydrogen-bond acceptors (Lipinski definition) is 3. The summed E-state index contributed by atoms with van der Waals surface area (Å²) >= 11 is 0. The molecule has 1 atom stereocenters. The van der Waals surface area contributed by atoms with E-state index in [1.807, 2.05) is 13.8 Å². The average molecular weight is 259 g/mol. The van der Waals surface area contributed by atoms with Gasteiger partial charge in [-0.25, -0.2) is 9.59 Å². The van der Waals surface area contributed by atoms with Crippen LogP contribution < -0.4 is 16.0 Å². The molecule has 0 aliphatic rings. The molecule has 1 unspecified atom stereocenters. The van der Waals surface area contributed by atoms with Crippen molar-refractivity contribution >= 4 is 12.1 Å². The monoisotopic (exact) mass is 259 g/mol. The molecular weight excluding hydrogens is 234 g/mol. The van der Waals surface area contributed by atoms with E-state index in [4.69, 9.17) is 4.74 Å². The largest absolute Gasteiger partial charge is 0.444 e. The van der Waals surface area contributed by atoms with Crippen LogP contribution in [0.5, 0.6) is 0 Å². The third-order valence-electron chi connectivity index (χ3n) is 2.07. The van der Waals surface area contributed by atoms with Crippen molar-refractivity contribution in [3.63, 3.8) is 0 Å². The first-order valence-electron chi connectivity index (χ1n) is 6.25. The number of urea groups is 1. The molecule has 0 aromatic carbocycles. The maximum Gasteiger partial charge on any atom is 0.407 e. The molecule has 0 aromatic heterocycles. The Kier molecular flexibility index (Phi) is 7.16. The SMILES string of the molecule is CCC(C)NC(=O)NCCNC(=O)OC(C)(C)C. The minimum Gasteiger partial charge on any atom is -0.444 e. The number of carbonyl (C=O) groups is 2. The second-order valence-electron chi connectivity index (χ2n) is 5.14. The Morgan fingerprint density at radius 1 is 1.17 bits per heavy atom. The van der Waals surface area contributed by atoms with E-state index in [0.29, 0.717) is 13.1 Å². The molecule has 18 heavy (non-hydrogen) atoms. The van der Waals surface area contributed by atoms with Crippen LogP contribution in [0.15, 0.2) is 0 Å². The van der Waals surface area contributed by atoms with E-state index in [2.05, 4.69) is 16.0 Å². The fourth-order valence-electron chi connectivity index (χ4n) is 1.03. The molecule has 0 radical (unpaired) electrons. The van der Waals surface area contributed by atoms with Crippen LogP contribution in [0.4, 0.5) is 9.59 Å². The first kappa shape index (κ1) is 16.5. The third kappa shape index (κ3) is 9.74. The highest BCUT2D eigenvalue weighted by molar-refractivity contribution is 5.74. The number of rotatable bonds is 5. The number of carbonyl (C=O) groups excluding carboxylic acids is 2. The summed E-state index contributed by atoms with van der Waals surface area (Å²) < 4.78 is 5.05. The standard InChI is InChI=1S/C12H25N3O3/c1-6-9(2)15-10(16)13-7-8-14-11(17)18-12(3,4)5/h9H,6-8H2,1-5H3,(H,14,17)(H2,13,15,16). The fourth-order valence-corrected chi connectivity index (χ4v) is 1.03. The average Bonchev–Trinajstić information content (AvgIpc) is 2.21. The highest BCUT2D eigenvalue weighted by Gasteiger charge is 2.15. The van der Waals surface area contributed by atoms with Gasteiger partial charge in [0.2, 0.25) is 0 Å². The van der Waals surface area contributed by atoms with E-state index in [1.165, 1.54) is 0 Å². The van der Waals surface area contributed by atoms with Crippen LogP contribution in [0.2, 0.25) is 0 Å². The van der Waals surface area contributed by atoms with E-state index in [9.17, 15) is 9.59 Å². The molecule has 0 rings (SSSR count). The lowest BCUT2D eigenvalue weighted by Crippen LogP contribution is -2.44. The number of ether oxygens (including phenoxy) is 1. The Bertz CT molecular complexity index is 274. The van der Waals surface area contributed by atoms with Gasteiger partial charge in [0.25, 0.3) is 0 Å². The van der Waals surface area contributed by atoms with Gasteiger partial charge in [-0.2, -0.15) is 0 Å². The van der Waals surface area contributed by atoms with Gasteiger partial charge in [-0.05, 0) is 34.1 Å². The molecule has 106 valence electrons. The number of alkyl carbamates (subject to hydrolysis) is 1. The summed E-state index contributed by atoms with van der Waals surface area (Å²) in [6, 6.07) is -0.0841. The molecule has 0 saturated carbocycles. The minimum absolute atomic E-state index is 0.142. The molecule has 0 spiro atoms. The molecule has 0 fully saturated rings. The van der Waals surface area contributed by atoms with E-state index in [1.54, 1.807) is 20.8 Å². The molecule has 0 aliphatic carbocycles. The van der Waals surface area contributed by atoms with Crippen LogP contribution in [0.1, 0.15) is 41.0 Å². The predicted octanol–water partition coefficient (Wildman–Crippen LogP) is 1.61. The summed E-state index contributed by atoms with van der Waals surface area (Å²) in [7, 11) is 0. The number of amides is 3. The van der Waals surface area contributed by atoms with Gasteiger partial charge in [-0.15, -0.1) is 0 Å². The maximum atomic E-state index is 11.3. The van der Waals surface area contributed by atoms with E-state index in [-0.39, 0.29) is 12.1 Å². The van der Waals surface area contributed by atoms with Gasteiger partial charge in [-0.1, -0.05) is 6.92 Å². The van der Waals surface area contributed by atoms with Crippen molar-refractivity contribution in [3.8, 4) is 0 Å². The first-order valence-corrected chi connectivity index (χ1v) is 6.25. The Labute approximate surface area is 109 Å². The van der Waals surface area contributed by atoms with Crippen molar-refractivity contribution in [2.45, 2.75) is 52.7 Å². The molecule has 0 bridgehead atoms. The van der Waals surface area contributed by atoms with Gasteiger partial charge in [0, 0.05) is 19.1 Å². The minimum atomic E-state index is -0.508. The van der Waals surface area contributed by atoms with Crippen LogP contribution in [-0.2, 0) is 4.74 Å². The van der Waals surface area contributed by atoms with Gasteiger partial charge < -0.3 is 20.7 Å². The van der Waals surface area contributed by atoms with E-state index < -0.39 is 11.7 Å². The van der Waals surface area contributed by atoms with Crippen molar-refractivity contribution in [1.29, 1.82) is 0 Å². The number of nitrogens with one attached hydrogen (secondary N) is 3. The second-order valence-corrected chi connectivity index (χ2v) is 5.14. The van der Waals surface area contributed by atoms with Crippen LogP contribution in [0, 0.1) is 0 Å². The second kappa shape index (κ2) is 7.79. The van der Waals surface area contributed by atoms with E-state index in [0.717, 1.165) is 6.42 Å². The zero-order valence-corrected chi connectivity index (χ0v) is 11.9. The summed E-state index contributed by atoms with van der Waals surface area (Å²) in [5.74, 6) is 0. The molecule has 6 heteroatoms. The van der Waals surface area contributed by atoms with Crippen molar-refractivity contribution in [1.82, 2.24) is 16.0 Å². The molecule has 0 saturated heterocycles. The maximum absolute atomic E-state index is 11.3. The quantitative estimate of drug-likeness (QED) is 0.656.